The Labute approximate surface area is 124 Å². The molecule has 1 aliphatic heterocycles. The van der Waals surface area contributed by atoms with Crippen molar-refractivity contribution >= 4 is 0 Å². The molecule has 3 rings (SSSR count). The maximum Gasteiger partial charge on any atom is 0.218 e. The summed E-state index contributed by atoms with van der Waals surface area (Å²) in [7, 11) is 3.52. The van der Waals surface area contributed by atoms with Crippen LogP contribution in [0.5, 0.6) is 11.6 Å². The fraction of sp³-hybridized carbons (Fsp3) is 0.438. The third-order valence-electron chi connectivity index (χ3n) is 4.03. The number of nitrogens with zero attached hydrogens (tertiary/aromatic N) is 2. The van der Waals surface area contributed by atoms with Gasteiger partial charge in [-0.25, -0.2) is 4.68 Å². The standard InChI is InChI=1S/C16H21N3O2/c1-9-5-6-13-11(7-9)12(17)8-14(21-13)15-10(2)18-19(3)16(15)20-4/h5-7,12,14H,8,17H2,1-4H3/t12-,14?/m1/s1. The van der Waals surface area contributed by atoms with Crippen LogP contribution in [0, 0.1) is 13.8 Å². The summed E-state index contributed by atoms with van der Waals surface area (Å²) in [4.78, 5) is 0. The van der Waals surface area contributed by atoms with Gasteiger partial charge in [0.05, 0.1) is 18.4 Å². The molecule has 5 heteroatoms. The first kappa shape index (κ1) is 13.9. The SMILES string of the molecule is COc1c(C2C[C@@H](N)c3cc(C)ccc3O2)c(C)nn1C. The minimum atomic E-state index is -0.126. The Kier molecular flexibility index (Phi) is 3.37. The average Bonchev–Trinajstić information content (AvgIpc) is 2.73. The maximum atomic E-state index is 6.34. The van der Waals surface area contributed by atoms with Crippen molar-refractivity contribution in [3.63, 3.8) is 0 Å². The second-order valence-corrected chi connectivity index (χ2v) is 5.62. The molecule has 2 atom stereocenters. The molecule has 5 nitrogen and oxygen atoms in total. The molecule has 0 saturated heterocycles. The molecule has 0 amide bonds. The summed E-state index contributed by atoms with van der Waals surface area (Å²) < 4.78 is 13.4. The van der Waals surface area contributed by atoms with E-state index in [-0.39, 0.29) is 12.1 Å². The Morgan fingerprint density at radius 2 is 2.14 bits per heavy atom. The molecular formula is C16H21N3O2. The van der Waals surface area contributed by atoms with Gasteiger partial charge in [-0.3, -0.25) is 0 Å². The fourth-order valence-electron chi connectivity index (χ4n) is 3.07. The van der Waals surface area contributed by atoms with Crippen LogP contribution in [0.25, 0.3) is 0 Å². The number of hydrogen-bond donors (Lipinski definition) is 1. The van der Waals surface area contributed by atoms with E-state index in [1.54, 1.807) is 11.8 Å². The van der Waals surface area contributed by atoms with Gasteiger partial charge in [-0.1, -0.05) is 17.7 Å². The van der Waals surface area contributed by atoms with Gasteiger partial charge in [-0.05, 0) is 19.9 Å². The quantitative estimate of drug-likeness (QED) is 0.922. The smallest absolute Gasteiger partial charge is 0.218 e. The molecule has 2 aromatic rings. The summed E-state index contributed by atoms with van der Waals surface area (Å²) in [5.74, 6) is 1.59. The lowest BCUT2D eigenvalue weighted by Crippen LogP contribution is -2.24. The van der Waals surface area contributed by atoms with E-state index in [0.717, 1.165) is 34.9 Å². The lowest BCUT2D eigenvalue weighted by Gasteiger charge is -2.30. The van der Waals surface area contributed by atoms with Gasteiger partial charge < -0.3 is 15.2 Å². The molecule has 0 radical (unpaired) electrons. The average molecular weight is 287 g/mol. The van der Waals surface area contributed by atoms with Gasteiger partial charge in [0.2, 0.25) is 5.88 Å². The van der Waals surface area contributed by atoms with E-state index in [2.05, 4.69) is 18.1 Å². The molecule has 1 aliphatic rings. The van der Waals surface area contributed by atoms with E-state index >= 15 is 0 Å². The van der Waals surface area contributed by atoms with Crippen molar-refractivity contribution in [2.24, 2.45) is 12.8 Å². The lowest BCUT2D eigenvalue weighted by atomic mass is 9.92. The van der Waals surface area contributed by atoms with Crippen LogP contribution >= 0.6 is 0 Å². The topological polar surface area (TPSA) is 62.3 Å². The van der Waals surface area contributed by atoms with E-state index in [9.17, 15) is 0 Å². The fourth-order valence-corrected chi connectivity index (χ4v) is 3.07. The molecular weight excluding hydrogens is 266 g/mol. The molecule has 2 N–H and O–H groups in total. The zero-order valence-electron chi connectivity index (χ0n) is 12.9. The number of aromatic nitrogens is 2. The van der Waals surface area contributed by atoms with Crippen LogP contribution in [-0.2, 0) is 7.05 Å². The number of nitrogens with two attached hydrogens (primary N) is 1. The third kappa shape index (κ3) is 2.27. The van der Waals surface area contributed by atoms with E-state index in [0.29, 0.717) is 0 Å². The Hall–Kier alpha value is -2.01. The zero-order chi connectivity index (χ0) is 15.1. The van der Waals surface area contributed by atoms with Crippen LogP contribution < -0.4 is 15.2 Å². The monoisotopic (exact) mass is 287 g/mol. The van der Waals surface area contributed by atoms with Crippen molar-refractivity contribution in [1.29, 1.82) is 0 Å². The van der Waals surface area contributed by atoms with Crippen molar-refractivity contribution < 1.29 is 9.47 Å². The highest BCUT2D eigenvalue weighted by atomic mass is 16.5. The molecule has 21 heavy (non-hydrogen) atoms. The highest BCUT2D eigenvalue weighted by molar-refractivity contribution is 5.43. The summed E-state index contributed by atoms with van der Waals surface area (Å²) in [5, 5.41) is 4.42. The molecule has 0 spiro atoms. The lowest BCUT2D eigenvalue weighted by molar-refractivity contribution is 0.156. The summed E-state index contributed by atoms with van der Waals surface area (Å²) in [6.45, 7) is 4.03. The summed E-state index contributed by atoms with van der Waals surface area (Å²) >= 11 is 0. The van der Waals surface area contributed by atoms with Crippen LogP contribution in [0.4, 0.5) is 0 Å². The zero-order valence-corrected chi connectivity index (χ0v) is 12.9. The Morgan fingerprint density at radius 3 is 2.86 bits per heavy atom. The van der Waals surface area contributed by atoms with E-state index in [1.807, 2.05) is 26.1 Å². The van der Waals surface area contributed by atoms with Crippen molar-refractivity contribution in [2.75, 3.05) is 7.11 Å². The van der Waals surface area contributed by atoms with E-state index < -0.39 is 0 Å². The number of rotatable bonds is 2. The van der Waals surface area contributed by atoms with Crippen LogP contribution in [-0.4, -0.2) is 16.9 Å². The largest absolute Gasteiger partial charge is 0.485 e. The first-order valence-corrected chi connectivity index (χ1v) is 7.11. The van der Waals surface area contributed by atoms with E-state index in [4.69, 9.17) is 15.2 Å². The van der Waals surface area contributed by atoms with Gasteiger partial charge in [-0.15, -0.1) is 0 Å². The molecule has 0 aliphatic carbocycles. The second-order valence-electron chi connectivity index (χ2n) is 5.62. The molecule has 1 aromatic carbocycles. The first-order valence-electron chi connectivity index (χ1n) is 7.11. The van der Waals surface area contributed by atoms with Crippen molar-refractivity contribution in [3.05, 3.63) is 40.6 Å². The summed E-state index contributed by atoms with van der Waals surface area (Å²) in [6, 6.07) is 6.10. The predicted molar refractivity (Wildman–Crippen MR) is 80.6 cm³/mol. The number of benzene rings is 1. The highest BCUT2D eigenvalue weighted by Crippen LogP contribution is 2.43. The van der Waals surface area contributed by atoms with E-state index in [1.165, 1.54) is 5.56 Å². The van der Waals surface area contributed by atoms with Crippen LogP contribution in [0.1, 0.15) is 41.0 Å². The minimum absolute atomic E-state index is 0.0389. The normalized spacial score (nSPS) is 20.8. The number of fused-ring (bicyclic) bond motifs is 1. The van der Waals surface area contributed by atoms with Gasteiger partial charge in [0, 0.05) is 25.1 Å². The van der Waals surface area contributed by atoms with Crippen LogP contribution in [0.2, 0.25) is 0 Å². The van der Waals surface area contributed by atoms with Crippen LogP contribution in [0.15, 0.2) is 18.2 Å². The molecule has 1 unspecified atom stereocenters. The van der Waals surface area contributed by atoms with Gasteiger partial charge in [0.1, 0.15) is 11.9 Å². The predicted octanol–water partition coefficient (Wildman–Crippen LogP) is 2.57. The van der Waals surface area contributed by atoms with Gasteiger partial charge in [0.15, 0.2) is 0 Å². The molecule has 1 aromatic heterocycles. The molecule has 0 saturated carbocycles. The maximum absolute atomic E-state index is 6.34. The molecule has 0 fully saturated rings. The van der Waals surface area contributed by atoms with Crippen molar-refractivity contribution in [3.8, 4) is 11.6 Å². The van der Waals surface area contributed by atoms with Gasteiger partial charge >= 0.3 is 0 Å². The van der Waals surface area contributed by atoms with Gasteiger partial charge in [0.25, 0.3) is 0 Å². The van der Waals surface area contributed by atoms with Crippen molar-refractivity contribution in [1.82, 2.24) is 9.78 Å². The Balaban J connectivity index is 2.02. The van der Waals surface area contributed by atoms with Gasteiger partial charge in [-0.2, -0.15) is 5.10 Å². The number of ether oxygens (including phenoxy) is 2. The molecule has 2 heterocycles. The number of hydrogen-bond acceptors (Lipinski definition) is 4. The number of methoxy groups -OCH3 is 1. The summed E-state index contributed by atoms with van der Waals surface area (Å²) in [5.41, 5.74) is 10.5. The highest BCUT2D eigenvalue weighted by Gasteiger charge is 2.32. The first-order chi connectivity index (χ1) is 10.0. The van der Waals surface area contributed by atoms with Crippen molar-refractivity contribution in [2.45, 2.75) is 32.4 Å². The minimum Gasteiger partial charge on any atom is -0.485 e. The Bertz CT molecular complexity index is 678. The molecule has 0 bridgehead atoms. The van der Waals surface area contributed by atoms with Crippen LogP contribution in [0.3, 0.4) is 0 Å². The Morgan fingerprint density at radius 1 is 1.38 bits per heavy atom. The second kappa shape index (κ2) is 5.07. The number of aryl methyl sites for hydroxylation is 3. The third-order valence-corrected chi connectivity index (χ3v) is 4.03. The molecule has 112 valence electrons. The summed E-state index contributed by atoms with van der Waals surface area (Å²) in [6.07, 6.45) is 0.596.